The molecule has 2 rings (SSSR count). The Kier molecular flexibility index (Phi) is 6.75. The highest BCUT2D eigenvalue weighted by Gasteiger charge is 2.15. The van der Waals surface area contributed by atoms with Crippen LogP contribution >= 0.6 is 0 Å². The Hall–Kier alpha value is -3.33. The van der Waals surface area contributed by atoms with Gasteiger partial charge in [-0.05, 0) is 48.4 Å². The standard InChI is InChI=1S/C20H21N3O3/c1-15(24)23(18-7-3-17(13-21)4-8-18)14-20(25)22-12-11-16-5-9-19(26-2)10-6-16/h3-10H,11-12,14H2,1-2H3,(H,22,25). The van der Waals surface area contributed by atoms with Crippen molar-refractivity contribution in [1.82, 2.24) is 5.32 Å². The topological polar surface area (TPSA) is 82.4 Å². The van der Waals surface area contributed by atoms with E-state index in [1.54, 1.807) is 31.4 Å². The van der Waals surface area contributed by atoms with Crippen molar-refractivity contribution in [2.24, 2.45) is 0 Å². The van der Waals surface area contributed by atoms with E-state index in [0.717, 1.165) is 11.3 Å². The van der Waals surface area contributed by atoms with Crippen molar-refractivity contribution < 1.29 is 14.3 Å². The fourth-order valence-corrected chi connectivity index (χ4v) is 2.44. The quantitative estimate of drug-likeness (QED) is 0.830. The first kappa shape index (κ1) is 19.0. The van der Waals surface area contributed by atoms with E-state index in [9.17, 15) is 9.59 Å². The fraction of sp³-hybridized carbons (Fsp3) is 0.250. The summed E-state index contributed by atoms with van der Waals surface area (Å²) in [6.45, 7) is 1.82. The molecule has 0 unspecified atom stereocenters. The monoisotopic (exact) mass is 351 g/mol. The Bertz CT molecular complexity index is 793. The molecule has 0 aliphatic rings. The number of rotatable bonds is 7. The molecule has 0 aliphatic heterocycles. The largest absolute Gasteiger partial charge is 0.497 e. The molecule has 26 heavy (non-hydrogen) atoms. The summed E-state index contributed by atoms with van der Waals surface area (Å²) in [5.41, 5.74) is 2.17. The van der Waals surface area contributed by atoms with Gasteiger partial charge in [0.25, 0.3) is 0 Å². The van der Waals surface area contributed by atoms with Gasteiger partial charge in [-0.2, -0.15) is 5.26 Å². The summed E-state index contributed by atoms with van der Waals surface area (Å²) in [6, 6.07) is 16.2. The molecular formula is C20H21N3O3. The predicted octanol–water partition coefficient (Wildman–Crippen LogP) is 2.28. The van der Waals surface area contributed by atoms with Gasteiger partial charge in [0, 0.05) is 19.2 Å². The van der Waals surface area contributed by atoms with Crippen LogP contribution in [0.5, 0.6) is 5.75 Å². The molecule has 6 heteroatoms. The molecule has 0 atom stereocenters. The normalized spacial score (nSPS) is 9.88. The summed E-state index contributed by atoms with van der Waals surface area (Å²) >= 11 is 0. The highest BCUT2D eigenvalue weighted by Crippen LogP contribution is 2.15. The first-order chi connectivity index (χ1) is 12.5. The number of ether oxygens (including phenoxy) is 1. The lowest BCUT2D eigenvalue weighted by atomic mass is 10.1. The number of nitrogens with one attached hydrogen (secondary N) is 1. The van der Waals surface area contributed by atoms with E-state index in [-0.39, 0.29) is 18.4 Å². The van der Waals surface area contributed by atoms with Crippen LogP contribution in [0.25, 0.3) is 0 Å². The maximum Gasteiger partial charge on any atom is 0.240 e. The highest BCUT2D eigenvalue weighted by atomic mass is 16.5. The molecule has 134 valence electrons. The Balaban J connectivity index is 1.88. The smallest absolute Gasteiger partial charge is 0.240 e. The van der Waals surface area contributed by atoms with Crippen LogP contribution in [0, 0.1) is 11.3 Å². The number of benzene rings is 2. The minimum atomic E-state index is -0.238. The summed E-state index contributed by atoms with van der Waals surface area (Å²) in [5.74, 6) is 0.315. The van der Waals surface area contributed by atoms with Crippen LogP contribution in [0.15, 0.2) is 48.5 Å². The average Bonchev–Trinajstić information content (AvgIpc) is 2.66. The van der Waals surface area contributed by atoms with Crippen molar-refractivity contribution >= 4 is 17.5 Å². The molecular weight excluding hydrogens is 330 g/mol. The van der Waals surface area contributed by atoms with Gasteiger partial charge in [0.15, 0.2) is 0 Å². The second kappa shape index (κ2) is 9.23. The number of nitrogens with zero attached hydrogens (tertiary/aromatic N) is 2. The molecule has 0 fully saturated rings. The lowest BCUT2D eigenvalue weighted by Crippen LogP contribution is -2.40. The number of carbonyl (C=O) groups is 2. The summed E-state index contributed by atoms with van der Waals surface area (Å²) in [5, 5.41) is 11.7. The minimum absolute atomic E-state index is 0.0656. The SMILES string of the molecule is COc1ccc(CCNC(=O)CN(C(C)=O)c2ccc(C#N)cc2)cc1. The molecule has 0 aliphatic carbocycles. The van der Waals surface area contributed by atoms with Gasteiger partial charge in [-0.25, -0.2) is 0 Å². The van der Waals surface area contributed by atoms with E-state index in [2.05, 4.69) is 5.32 Å². The van der Waals surface area contributed by atoms with Crippen LogP contribution in [0.3, 0.4) is 0 Å². The van der Waals surface area contributed by atoms with Gasteiger partial charge < -0.3 is 15.0 Å². The van der Waals surface area contributed by atoms with Gasteiger partial charge in [-0.3, -0.25) is 9.59 Å². The molecule has 0 aromatic heterocycles. The van der Waals surface area contributed by atoms with E-state index >= 15 is 0 Å². The molecule has 2 aromatic rings. The van der Waals surface area contributed by atoms with Gasteiger partial charge in [-0.15, -0.1) is 0 Å². The van der Waals surface area contributed by atoms with Crippen LogP contribution in [0.2, 0.25) is 0 Å². The Labute approximate surface area is 153 Å². The van der Waals surface area contributed by atoms with Crippen LogP contribution in [0.4, 0.5) is 5.69 Å². The molecule has 0 bridgehead atoms. The lowest BCUT2D eigenvalue weighted by molar-refractivity contribution is -0.123. The maximum absolute atomic E-state index is 12.2. The molecule has 0 spiro atoms. The zero-order valence-electron chi connectivity index (χ0n) is 14.9. The van der Waals surface area contributed by atoms with Crippen LogP contribution in [0.1, 0.15) is 18.1 Å². The van der Waals surface area contributed by atoms with Crippen molar-refractivity contribution in [3.8, 4) is 11.8 Å². The number of hydrogen-bond acceptors (Lipinski definition) is 4. The van der Waals surface area contributed by atoms with E-state index < -0.39 is 0 Å². The lowest BCUT2D eigenvalue weighted by Gasteiger charge is -2.20. The second-order valence-corrected chi connectivity index (χ2v) is 5.71. The van der Waals surface area contributed by atoms with E-state index in [1.165, 1.54) is 11.8 Å². The summed E-state index contributed by atoms with van der Waals surface area (Å²) in [7, 11) is 1.61. The van der Waals surface area contributed by atoms with Crippen molar-refractivity contribution in [3.63, 3.8) is 0 Å². The molecule has 0 saturated carbocycles. The molecule has 2 aromatic carbocycles. The number of nitriles is 1. The highest BCUT2D eigenvalue weighted by molar-refractivity contribution is 5.97. The van der Waals surface area contributed by atoms with Gasteiger partial charge in [0.1, 0.15) is 12.3 Å². The number of anilines is 1. The third kappa shape index (κ3) is 5.35. The Morgan fingerprint density at radius 3 is 2.31 bits per heavy atom. The van der Waals surface area contributed by atoms with Gasteiger partial charge in [0.05, 0.1) is 18.7 Å². The number of methoxy groups -OCH3 is 1. The molecule has 2 amide bonds. The first-order valence-electron chi connectivity index (χ1n) is 8.21. The van der Waals surface area contributed by atoms with Crippen LogP contribution < -0.4 is 15.0 Å². The molecule has 1 N–H and O–H groups in total. The Morgan fingerprint density at radius 2 is 1.77 bits per heavy atom. The van der Waals surface area contributed by atoms with Crippen LogP contribution in [-0.2, 0) is 16.0 Å². The van der Waals surface area contributed by atoms with Crippen molar-refractivity contribution in [2.45, 2.75) is 13.3 Å². The fourth-order valence-electron chi connectivity index (χ4n) is 2.44. The van der Waals surface area contributed by atoms with Gasteiger partial charge in [0.2, 0.25) is 11.8 Å². The van der Waals surface area contributed by atoms with E-state index in [1.807, 2.05) is 30.3 Å². The minimum Gasteiger partial charge on any atom is -0.497 e. The summed E-state index contributed by atoms with van der Waals surface area (Å²) < 4.78 is 5.11. The third-order valence-corrected chi connectivity index (χ3v) is 3.88. The third-order valence-electron chi connectivity index (χ3n) is 3.88. The zero-order valence-corrected chi connectivity index (χ0v) is 14.9. The van der Waals surface area contributed by atoms with Crippen LogP contribution in [-0.4, -0.2) is 32.0 Å². The second-order valence-electron chi connectivity index (χ2n) is 5.71. The summed E-state index contributed by atoms with van der Waals surface area (Å²) in [6.07, 6.45) is 0.687. The maximum atomic E-state index is 12.2. The van der Waals surface area contributed by atoms with Crippen molar-refractivity contribution in [2.75, 3.05) is 25.1 Å². The zero-order chi connectivity index (χ0) is 18.9. The number of hydrogen-bond donors (Lipinski definition) is 1. The predicted molar refractivity (Wildman–Crippen MR) is 98.9 cm³/mol. The number of amides is 2. The van der Waals surface area contributed by atoms with Crippen molar-refractivity contribution in [3.05, 3.63) is 59.7 Å². The number of carbonyl (C=O) groups excluding carboxylic acids is 2. The van der Waals surface area contributed by atoms with Gasteiger partial charge >= 0.3 is 0 Å². The molecule has 0 heterocycles. The molecule has 0 saturated heterocycles. The van der Waals surface area contributed by atoms with E-state index in [0.29, 0.717) is 24.2 Å². The van der Waals surface area contributed by atoms with Crippen molar-refractivity contribution in [1.29, 1.82) is 5.26 Å². The Morgan fingerprint density at radius 1 is 1.12 bits per heavy atom. The average molecular weight is 351 g/mol. The molecule has 0 radical (unpaired) electrons. The van der Waals surface area contributed by atoms with Gasteiger partial charge in [-0.1, -0.05) is 12.1 Å². The molecule has 6 nitrogen and oxygen atoms in total. The summed E-state index contributed by atoms with van der Waals surface area (Å²) in [4.78, 5) is 25.4. The first-order valence-corrected chi connectivity index (χ1v) is 8.21. The van der Waals surface area contributed by atoms with E-state index in [4.69, 9.17) is 10.00 Å².